The van der Waals surface area contributed by atoms with E-state index in [0.29, 0.717) is 22.6 Å². The average molecular weight is 316 g/mol. The summed E-state index contributed by atoms with van der Waals surface area (Å²) in [6, 6.07) is 14.3. The minimum atomic E-state index is -2.14. The van der Waals surface area contributed by atoms with Crippen LogP contribution >= 0.6 is 0 Å². The van der Waals surface area contributed by atoms with E-state index < -0.39 is 17.3 Å². The van der Waals surface area contributed by atoms with Gasteiger partial charge in [-0.1, -0.05) is 0 Å². The SMILES string of the molecule is N#Cc1ccc(NC(=O)Nc2ccc(NS(=O)O)cc2)cc1. The third-order valence-corrected chi connectivity index (χ3v) is 3.03. The molecule has 22 heavy (non-hydrogen) atoms. The van der Waals surface area contributed by atoms with Crippen LogP contribution in [0.5, 0.6) is 0 Å². The van der Waals surface area contributed by atoms with Gasteiger partial charge in [0.2, 0.25) is 0 Å². The predicted octanol–water partition coefficient (Wildman–Crippen LogP) is 2.75. The molecule has 0 saturated carbocycles. The molecule has 1 unspecified atom stereocenters. The van der Waals surface area contributed by atoms with Crippen LogP contribution in [0.2, 0.25) is 0 Å². The van der Waals surface area contributed by atoms with Crippen LogP contribution in [0.3, 0.4) is 0 Å². The molecule has 1 atom stereocenters. The number of benzene rings is 2. The Labute approximate surface area is 129 Å². The monoisotopic (exact) mass is 316 g/mol. The molecule has 0 aliphatic heterocycles. The van der Waals surface area contributed by atoms with Crippen molar-refractivity contribution in [3.05, 3.63) is 54.1 Å². The number of nitriles is 1. The van der Waals surface area contributed by atoms with Crippen molar-refractivity contribution in [2.75, 3.05) is 15.4 Å². The van der Waals surface area contributed by atoms with E-state index in [4.69, 9.17) is 9.81 Å². The summed E-state index contributed by atoms with van der Waals surface area (Å²) in [6.07, 6.45) is 0. The van der Waals surface area contributed by atoms with Gasteiger partial charge in [0.05, 0.1) is 11.6 Å². The molecule has 2 aromatic rings. The molecule has 112 valence electrons. The van der Waals surface area contributed by atoms with Crippen LogP contribution < -0.4 is 15.4 Å². The van der Waals surface area contributed by atoms with Crippen LogP contribution in [0.25, 0.3) is 0 Å². The molecule has 0 bridgehead atoms. The van der Waals surface area contributed by atoms with Crippen LogP contribution in [-0.2, 0) is 11.3 Å². The molecule has 0 saturated heterocycles. The molecular formula is C14H12N4O3S. The summed E-state index contributed by atoms with van der Waals surface area (Å²) in [5, 5.41) is 13.9. The Morgan fingerprint density at radius 2 is 1.41 bits per heavy atom. The molecule has 8 heteroatoms. The van der Waals surface area contributed by atoms with Crippen molar-refractivity contribution in [1.29, 1.82) is 5.26 Å². The van der Waals surface area contributed by atoms with Crippen LogP contribution in [-0.4, -0.2) is 14.8 Å². The molecular weight excluding hydrogens is 304 g/mol. The number of carbonyl (C=O) groups is 1. The number of anilines is 3. The normalized spacial score (nSPS) is 11.1. The molecule has 7 nitrogen and oxygen atoms in total. The fraction of sp³-hybridized carbons (Fsp3) is 0. The van der Waals surface area contributed by atoms with Crippen LogP contribution in [0, 0.1) is 11.3 Å². The molecule has 0 heterocycles. The van der Waals surface area contributed by atoms with Gasteiger partial charge in [0.1, 0.15) is 0 Å². The van der Waals surface area contributed by atoms with Gasteiger partial charge in [-0.15, -0.1) is 0 Å². The zero-order chi connectivity index (χ0) is 15.9. The fourth-order valence-corrected chi connectivity index (χ4v) is 1.98. The molecule has 0 aliphatic rings. The first-order valence-corrected chi connectivity index (χ1v) is 7.23. The maximum absolute atomic E-state index is 11.8. The molecule has 4 N–H and O–H groups in total. The van der Waals surface area contributed by atoms with E-state index in [1.165, 1.54) is 0 Å². The van der Waals surface area contributed by atoms with Crippen molar-refractivity contribution in [2.24, 2.45) is 0 Å². The maximum Gasteiger partial charge on any atom is 0.323 e. The Morgan fingerprint density at radius 1 is 0.955 bits per heavy atom. The number of nitrogens with one attached hydrogen (secondary N) is 3. The Hall–Kier alpha value is -2.89. The van der Waals surface area contributed by atoms with E-state index in [1.54, 1.807) is 48.5 Å². The summed E-state index contributed by atoms with van der Waals surface area (Å²) in [6.45, 7) is 0. The lowest BCUT2D eigenvalue weighted by Crippen LogP contribution is -2.19. The highest BCUT2D eigenvalue weighted by molar-refractivity contribution is 7.80. The van der Waals surface area contributed by atoms with Gasteiger partial charge < -0.3 is 10.6 Å². The van der Waals surface area contributed by atoms with E-state index in [9.17, 15) is 9.00 Å². The molecule has 0 aliphatic carbocycles. The minimum absolute atomic E-state index is 0.434. The topological polar surface area (TPSA) is 114 Å². The summed E-state index contributed by atoms with van der Waals surface area (Å²) in [7, 11) is 0. The highest BCUT2D eigenvalue weighted by atomic mass is 32.2. The van der Waals surface area contributed by atoms with Gasteiger partial charge in [-0.2, -0.15) is 5.26 Å². The first-order chi connectivity index (χ1) is 10.6. The molecule has 2 amide bonds. The Kier molecular flexibility index (Phi) is 5.08. The van der Waals surface area contributed by atoms with Crippen molar-refractivity contribution in [3.63, 3.8) is 0 Å². The number of hydrogen-bond donors (Lipinski definition) is 4. The number of carbonyl (C=O) groups excluding carboxylic acids is 1. The first-order valence-electron chi connectivity index (χ1n) is 6.12. The summed E-state index contributed by atoms with van der Waals surface area (Å²) in [5.41, 5.74) is 2.06. The van der Waals surface area contributed by atoms with Gasteiger partial charge in [-0.3, -0.25) is 9.27 Å². The second-order valence-electron chi connectivity index (χ2n) is 4.20. The van der Waals surface area contributed by atoms with E-state index in [0.717, 1.165) is 0 Å². The Morgan fingerprint density at radius 3 is 1.86 bits per heavy atom. The number of urea groups is 1. The van der Waals surface area contributed by atoms with Crippen molar-refractivity contribution in [1.82, 2.24) is 0 Å². The molecule has 2 aromatic carbocycles. The molecule has 0 aromatic heterocycles. The molecule has 0 radical (unpaired) electrons. The van der Waals surface area contributed by atoms with Crippen LogP contribution in [0.4, 0.5) is 21.9 Å². The standard InChI is InChI=1S/C14H12N4O3S/c15-9-10-1-3-11(4-2-10)16-14(19)17-12-5-7-13(8-6-12)18-22(20)21/h1-8,18H,(H,20,21)(H2,16,17,19). The highest BCUT2D eigenvalue weighted by Gasteiger charge is 2.03. The zero-order valence-corrected chi connectivity index (χ0v) is 12.1. The van der Waals surface area contributed by atoms with Gasteiger partial charge in [0.15, 0.2) is 0 Å². The number of hydrogen-bond acceptors (Lipinski definition) is 3. The minimum Gasteiger partial charge on any atom is -0.308 e. The van der Waals surface area contributed by atoms with Crippen LogP contribution in [0.1, 0.15) is 5.56 Å². The Bertz CT molecular complexity index is 723. The zero-order valence-electron chi connectivity index (χ0n) is 11.2. The van der Waals surface area contributed by atoms with E-state index >= 15 is 0 Å². The quantitative estimate of drug-likeness (QED) is 0.649. The van der Waals surface area contributed by atoms with Crippen molar-refractivity contribution in [3.8, 4) is 6.07 Å². The number of nitrogens with zero attached hydrogens (tertiary/aromatic N) is 1. The van der Waals surface area contributed by atoms with E-state index in [1.807, 2.05) is 6.07 Å². The van der Waals surface area contributed by atoms with Gasteiger partial charge in [0, 0.05) is 17.1 Å². The summed E-state index contributed by atoms with van der Waals surface area (Å²) in [5.74, 6) is 0. The summed E-state index contributed by atoms with van der Waals surface area (Å²) < 4.78 is 21.6. The van der Waals surface area contributed by atoms with Gasteiger partial charge >= 0.3 is 6.03 Å². The molecule has 2 rings (SSSR count). The molecule has 0 fully saturated rings. The lowest BCUT2D eigenvalue weighted by Gasteiger charge is -2.08. The van der Waals surface area contributed by atoms with Gasteiger partial charge in [0.25, 0.3) is 11.3 Å². The summed E-state index contributed by atoms with van der Waals surface area (Å²) >= 11 is -2.14. The largest absolute Gasteiger partial charge is 0.323 e. The fourth-order valence-electron chi connectivity index (χ4n) is 1.64. The summed E-state index contributed by atoms with van der Waals surface area (Å²) in [4.78, 5) is 11.8. The van der Waals surface area contributed by atoms with Crippen molar-refractivity contribution >= 4 is 34.4 Å². The van der Waals surface area contributed by atoms with E-state index in [-0.39, 0.29) is 0 Å². The third-order valence-electron chi connectivity index (χ3n) is 2.62. The van der Waals surface area contributed by atoms with Crippen molar-refractivity contribution < 1.29 is 13.6 Å². The molecule has 0 spiro atoms. The third kappa shape index (κ3) is 4.59. The second kappa shape index (κ2) is 7.21. The smallest absolute Gasteiger partial charge is 0.308 e. The lowest BCUT2D eigenvalue weighted by atomic mass is 10.2. The second-order valence-corrected chi connectivity index (χ2v) is 4.90. The number of amides is 2. The number of rotatable bonds is 4. The van der Waals surface area contributed by atoms with Crippen molar-refractivity contribution in [2.45, 2.75) is 0 Å². The average Bonchev–Trinajstić information content (AvgIpc) is 2.49. The predicted molar refractivity (Wildman–Crippen MR) is 84.6 cm³/mol. The highest BCUT2D eigenvalue weighted by Crippen LogP contribution is 2.15. The van der Waals surface area contributed by atoms with Gasteiger partial charge in [-0.05, 0) is 48.5 Å². The first kappa shape index (κ1) is 15.5. The maximum atomic E-state index is 11.8. The van der Waals surface area contributed by atoms with Gasteiger partial charge in [-0.25, -0.2) is 9.00 Å². The lowest BCUT2D eigenvalue weighted by molar-refractivity contribution is 0.262. The van der Waals surface area contributed by atoms with Crippen LogP contribution in [0.15, 0.2) is 48.5 Å². The van der Waals surface area contributed by atoms with E-state index in [2.05, 4.69) is 15.4 Å². The Balaban J connectivity index is 1.93.